The second kappa shape index (κ2) is 13.0. The van der Waals surface area contributed by atoms with E-state index >= 15 is 0 Å². The van der Waals surface area contributed by atoms with Gasteiger partial charge < -0.3 is 4.57 Å². The molecule has 1 amide bonds. The van der Waals surface area contributed by atoms with E-state index in [1.165, 1.54) is 37.0 Å². The first-order valence-electron chi connectivity index (χ1n) is 14.2. The van der Waals surface area contributed by atoms with Gasteiger partial charge in [0, 0.05) is 18.5 Å². The Balaban J connectivity index is 1.43. The van der Waals surface area contributed by atoms with Gasteiger partial charge in [-0.15, -0.1) is 0 Å². The molecular formula is C34H35N3O3S. The molecule has 6 nitrogen and oxygen atoms in total. The standard InChI is InChI=1S/C34H35N3O3S/c1-2-3-4-5-12-17-33-35-31-23-22-29(34(38)36-41(39,40)30-15-10-7-11-16-30)24-32(31)37(33)25-26-18-20-28(21-19-26)27-13-8-6-9-14-27/h6-11,13-16,18-24H,2-5,12,17,25H2,1H3,(H,36,38). The molecule has 1 N–H and O–H groups in total. The smallest absolute Gasteiger partial charge is 0.265 e. The highest BCUT2D eigenvalue weighted by molar-refractivity contribution is 7.90. The molecule has 0 bridgehead atoms. The van der Waals surface area contributed by atoms with Crippen LogP contribution in [0.5, 0.6) is 0 Å². The van der Waals surface area contributed by atoms with Crippen molar-refractivity contribution >= 4 is 27.0 Å². The minimum atomic E-state index is -3.98. The zero-order valence-corrected chi connectivity index (χ0v) is 24.1. The van der Waals surface area contributed by atoms with Crippen LogP contribution in [-0.2, 0) is 23.0 Å². The van der Waals surface area contributed by atoms with Crippen molar-refractivity contribution in [3.8, 4) is 11.1 Å². The number of nitrogens with one attached hydrogen (secondary N) is 1. The Morgan fingerprint density at radius 2 is 1.44 bits per heavy atom. The summed E-state index contributed by atoms with van der Waals surface area (Å²) in [4.78, 5) is 18.1. The fourth-order valence-corrected chi connectivity index (χ4v) is 6.02. The van der Waals surface area contributed by atoms with E-state index in [-0.39, 0.29) is 10.5 Å². The molecule has 5 aromatic rings. The van der Waals surface area contributed by atoms with Gasteiger partial charge in [0.1, 0.15) is 5.82 Å². The van der Waals surface area contributed by atoms with E-state index in [1.54, 1.807) is 36.4 Å². The Morgan fingerprint density at radius 3 is 2.15 bits per heavy atom. The maximum atomic E-state index is 13.1. The summed E-state index contributed by atoms with van der Waals surface area (Å²) in [5.74, 6) is 0.301. The third kappa shape index (κ3) is 6.92. The topological polar surface area (TPSA) is 81.1 Å². The van der Waals surface area contributed by atoms with E-state index < -0.39 is 15.9 Å². The van der Waals surface area contributed by atoms with Crippen LogP contribution >= 0.6 is 0 Å². The first kappa shape index (κ1) is 28.3. The van der Waals surface area contributed by atoms with Crippen LogP contribution < -0.4 is 4.72 Å². The van der Waals surface area contributed by atoms with E-state index in [0.29, 0.717) is 6.54 Å². The molecular weight excluding hydrogens is 530 g/mol. The third-order valence-corrected chi connectivity index (χ3v) is 8.62. The Morgan fingerprint density at radius 1 is 0.780 bits per heavy atom. The van der Waals surface area contributed by atoms with Crippen LogP contribution in [0.25, 0.3) is 22.2 Å². The normalized spacial score (nSPS) is 11.5. The van der Waals surface area contributed by atoms with Crippen LogP contribution in [0.2, 0.25) is 0 Å². The largest absolute Gasteiger partial charge is 0.323 e. The third-order valence-electron chi connectivity index (χ3n) is 7.28. The summed E-state index contributed by atoms with van der Waals surface area (Å²) in [6, 6.07) is 31.9. The highest BCUT2D eigenvalue weighted by Crippen LogP contribution is 2.24. The summed E-state index contributed by atoms with van der Waals surface area (Å²) in [7, 11) is -3.98. The molecule has 0 saturated carbocycles. The predicted molar refractivity (Wildman–Crippen MR) is 164 cm³/mol. The molecule has 0 radical (unpaired) electrons. The van der Waals surface area contributed by atoms with Crippen molar-refractivity contribution in [3.05, 3.63) is 120 Å². The Bertz CT molecular complexity index is 1710. The number of hydrogen-bond donors (Lipinski definition) is 1. The van der Waals surface area contributed by atoms with Gasteiger partial charge in [0.25, 0.3) is 15.9 Å². The average Bonchev–Trinajstić information content (AvgIpc) is 3.34. The number of fused-ring (bicyclic) bond motifs is 1. The van der Waals surface area contributed by atoms with Crippen molar-refractivity contribution in [2.24, 2.45) is 0 Å². The van der Waals surface area contributed by atoms with Gasteiger partial charge in [-0.2, -0.15) is 0 Å². The zero-order chi connectivity index (χ0) is 28.7. The molecule has 0 aliphatic heterocycles. The number of unbranched alkanes of at least 4 members (excludes halogenated alkanes) is 4. The van der Waals surface area contributed by atoms with Crippen LogP contribution in [0.4, 0.5) is 0 Å². The molecule has 0 fully saturated rings. The van der Waals surface area contributed by atoms with Gasteiger partial charge in [-0.1, -0.05) is 105 Å². The monoisotopic (exact) mass is 565 g/mol. The summed E-state index contributed by atoms with van der Waals surface area (Å²) in [6.07, 6.45) is 6.66. The van der Waals surface area contributed by atoms with Crippen LogP contribution in [0, 0.1) is 0 Å². The van der Waals surface area contributed by atoms with Crippen LogP contribution in [0.15, 0.2) is 108 Å². The van der Waals surface area contributed by atoms with E-state index in [1.807, 2.05) is 18.2 Å². The average molecular weight is 566 g/mol. The van der Waals surface area contributed by atoms with Gasteiger partial charge >= 0.3 is 0 Å². The summed E-state index contributed by atoms with van der Waals surface area (Å²) >= 11 is 0. The van der Waals surface area contributed by atoms with Gasteiger partial charge in [-0.25, -0.2) is 18.1 Å². The highest BCUT2D eigenvalue weighted by atomic mass is 32.2. The number of amides is 1. The number of aromatic nitrogens is 2. The van der Waals surface area contributed by atoms with Gasteiger partial charge in [-0.05, 0) is 53.4 Å². The molecule has 210 valence electrons. The lowest BCUT2D eigenvalue weighted by Gasteiger charge is -2.12. The lowest BCUT2D eigenvalue weighted by Crippen LogP contribution is -2.30. The van der Waals surface area contributed by atoms with E-state index in [2.05, 4.69) is 52.6 Å². The van der Waals surface area contributed by atoms with Gasteiger partial charge in [-0.3, -0.25) is 4.79 Å². The number of carbonyl (C=O) groups excluding carboxylic acids is 1. The van der Waals surface area contributed by atoms with E-state index in [4.69, 9.17) is 4.98 Å². The number of rotatable bonds is 12. The molecule has 0 saturated heterocycles. The molecule has 0 spiro atoms. The van der Waals surface area contributed by atoms with Crippen molar-refractivity contribution in [2.45, 2.75) is 56.9 Å². The zero-order valence-electron chi connectivity index (χ0n) is 23.3. The SMILES string of the molecule is CCCCCCCc1nc2ccc(C(=O)NS(=O)(=O)c3ccccc3)cc2n1Cc1ccc(-c2ccccc2)cc1. The maximum Gasteiger partial charge on any atom is 0.265 e. The number of imidazole rings is 1. The minimum absolute atomic E-state index is 0.0452. The van der Waals surface area contributed by atoms with E-state index in [0.717, 1.165) is 47.2 Å². The van der Waals surface area contributed by atoms with Crippen LogP contribution in [0.1, 0.15) is 60.8 Å². The minimum Gasteiger partial charge on any atom is -0.323 e. The fraction of sp³-hybridized carbons (Fsp3) is 0.235. The Kier molecular flexibility index (Phi) is 8.95. The summed E-state index contributed by atoms with van der Waals surface area (Å²) in [5, 5.41) is 0. The Hall–Kier alpha value is -4.23. The first-order valence-corrected chi connectivity index (χ1v) is 15.7. The van der Waals surface area contributed by atoms with E-state index in [9.17, 15) is 13.2 Å². The van der Waals surface area contributed by atoms with Crippen molar-refractivity contribution in [3.63, 3.8) is 0 Å². The van der Waals surface area contributed by atoms with Gasteiger partial charge in [0.2, 0.25) is 0 Å². The molecule has 5 rings (SSSR count). The number of carbonyl (C=O) groups is 1. The summed E-state index contributed by atoms with van der Waals surface area (Å²) < 4.78 is 29.9. The Labute approximate surface area is 242 Å². The molecule has 7 heteroatoms. The molecule has 0 atom stereocenters. The number of nitrogens with zero attached hydrogens (tertiary/aromatic N) is 2. The number of sulfonamides is 1. The quantitative estimate of drug-likeness (QED) is 0.160. The predicted octanol–water partition coefficient (Wildman–Crippen LogP) is 7.38. The fourth-order valence-electron chi connectivity index (χ4n) is 5.02. The van der Waals surface area contributed by atoms with Crippen LogP contribution in [-0.4, -0.2) is 23.9 Å². The second-order valence-electron chi connectivity index (χ2n) is 10.3. The van der Waals surface area contributed by atoms with Crippen LogP contribution in [0.3, 0.4) is 0 Å². The molecule has 1 aromatic heterocycles. The molecule has 0 aliphatic rings. The number of hydrogen-bond acceptors (Lipinski definition) is 4. The number of benzene rings is 4. The van der Waals surface area contributed by atoms with Gasteiger partial charge in [0.05, 0.1) is 15.9 Å². The van der Waals surface area contributed by atoms with Crippen molar-refractivity contribution in [1.82, 2.24) is 14.3 Å². The van der Waals surface area contributed by atoms with Crippen molar-refractivity contribution in [2.75, 3.05) is 0 Å². The lowest BCUT2D eigenvalue weighted by molar-refractivity contribution is 0.0981. The summed E-state index contributed by atoms with van der Waals surface area (Å²) in [5.41, 5.74) is 5.31. The van der Waals surface area contributed by atoms with Gasteiger partial charge in [0.15, 0.2) is 0 Å². The van der Waals surface area contributed by atoms with Crippen molar-refractivity contribution < 1.29 is 13.2 Å². The molecule has 0 unspecified atom stereocenters. The molecule has 4 aromatic carbocycles. The lowest BCUT2D eigenvalue weighted by atomic mass is 10.0. The molecule has 0 aliphatic carbocycles. The second-order valence-corrected chi connectivity index (χ2v) is 12.0. The first-order chi connectivity index (χ1) is 19.9. The highest BCUT2D eigenvalue weighted by Gasteiger charge is 2.20. The maximum absolute atomic E-state index is 13.1. The molecule has 1 heterocycles. The van der Waals surface area contributed by atoms with Crippen molar-refractivity contribution in [1.29, 1.82) is 0 Å². The molecule has 41 heavy (non-hydrogen) atoms. The summed E-state index contributed by atoms with van der Waals surface area (Å²) in [6.45, 7) is 2.81. The number of aryl methyl sites for hydroxylation is 1.